The highest BCUT2D eigenvalue weighted by molar-refractivity contribution is 6.06. The standard InChI is InChI=1S/C13H19N5O3/c1-4-5-14-11-10(21-3)12(16-7-15-11)17-8-6-9(19)18(2)13(8)20/h7-8H,4-6H2,1-3H3,(H2,14,15,16,17). The smallest absolute Gasteiger partial charge is 0.251 e. The molecule has 8 nitrogen and oxygen atoms in total. The Morgan fingerprint density at radius 3 is 2.67 bits per heavy atom. The predicted octanol–water partition coefficient (Wildman–Crippen LogP) is 0.476. The van der Waals surface area contributed by atoms with Crippen LogP contribution < -0.4 is 15.4 Å². The molecule has 0 spiro atoms. The summed E-state index contributed by atoms with van der Waals surface area (Å²) < 4.78 is 5.31. The first kappa shape index (κ1) is 15.0. The van der Waals surface area contributed by atoms with Gasteiger partial charge in [0.05, 0.1) is 13.5 Å². The largest absolute Gasteiger partial charge is 0.490 e. The number of ether oxygens (including phenoxy) is 1. The molecule has 0 aromatic carbocycles. The fraction of sp³-hybridized carbons (Fsp3) is 0.538. The quantitative estimate of drug-likeness (QED) is 0.736. The zero-order valence-corrected chi connectivity index (χ0v) is 12.3. The van der Waals surface area contributed by atoms with Gasteiger partial charge in [-0.1, -0.05) is 6.92 Å². The first-order valence-corrected chi connectivity index (χ1v) is 6.78. The summed E-state index contributed by atoms with van der Waals surface area (Å²) in [4.78, 5) is 32.8. The summed E-state index contributed by atoms with van der Waals surface area (Å²) >= 11 is 0. The molecule has 114 valence electrons. The molecule has 1 aromatic heterocycles. The maximum absolute atomic E-state index is 11.9. The number of carbonyl (C=O) groups excluding carboxylic acids is 2. The topological polar surface area (TPSA) is 96.5 Å². The molecule has 21 heavy (non-hydrogen) atoms. The highest BCUT2D eigenvalue weighted by atomic mass is 16.5. The molecule has 0 aliphatic carbocycles. The summed E-state index contributed by atoms with van der Waals surface area (Å²) in [6.07, 6.45) is 2.43. The molecule has 2 amide bonds. The summed E-state index contributed by atoms with van der Waals surface area (Å²) in [6.45, 7) is 2.79. The molecular weight excluding hydrogens is 274 g/mol. The van der Waals surface area contributed by atoms with Crippen LogP contribution in [0.4, 0.5) is 11.6 Å². The normalized spacial score (nSPS) is 18.0. The molecule has 0 bridgehead atoms. The number of imide groups is 1. The fourth-order valence-electron chi connectivity index (χ4n) is 2.07. The van der Waals surface area contributed by atoms with E-state index in [1.54, 1.807) is 0 Å². The number of methoxy groups -OCH3 is 1. The lowest BCUT2D eigenvalue weighted by Gasteiger charge is -2.16. The van der Waals surface area contributed by atoms with E-state index in [9.17, 15) is 9.59 Å². The molecule has 0 radical (unpaired) electrons. The van der Waals surface area contributed by atoms with E-state index in [-0.39, 0.29) is 18.2 Å². The maximum Gasteiger partial charge on any atom is 0.251 e. The number of nitrogens with one attached hydrogen (secondary N) is 2. The van der Waals surface area contributed by atoms with E-state index in [0.29, 0.717) is 17.4 Å². The zero-order valence-electron chi connectivity index (χ0n) is 12.3. The molecule has 1 fully saturated rings. The Bertz CT molecular complexity index is 549. The third kappa shape index (κ3) is 3.04. The van der Waals surface area contributed by atoms with Crippen LogP contribution in [0, 0.1) is 0 Å². The number of likely N-dealkylation sites (tertiary alicyclic amines) is 1. The Hall–Kier alpha value is -2.38. The second-order valence-corrected chi connectivity index (χ2v) is 4.72. The van der Waals surface area contributed by atoms with E-state index < -0.39 is 6.04 Å². The molecule has 1 unspecified atom stereocenters. The van der Waals surface area contributed by atoms with Gasteiger partial charge in [0.2, 0.25) is 11.7 Å². The third-order valence-corrected chi connectivity index (χ3v) is 3.24. The lowest BCUT2D eigenvalue weighted by atomic mass is 10.2. The molecule has 1 aliphatic rings. The Kier molecular flexibility index (Phi) is 4.56. The van der Waals surface area contributed by atoms with Crippen LogP contribution >= 0.6 is 0 Å². The van der Waals surface area contributed by atoms with Crippen molar-refractivity contribution >= 4 is 23.5 Å². The second kappa shape index (κ2) is 6.38. The lowest BCUT2D eigenvalue weighted by Crippen LogP contribution is -2.32. The van der Waals surface area contributed by atoms with Crippen LogP contribution in [0.25, 0.3) is 0 Å². The van der Waals surface area contributed by atoms with Crippen molar-refractivity contribution in [2.75, 3.05) is 31.3 Å². The van der Waals surface area contributed by atoms with Crippen molar-refractivity contribution in [2.24, 2.45) is 0 Å². The van der Waals surface area contributed by atoms with Crippen LogP contribution in [0.15, 0.2) is 6.33 Å². The van der Waals surface area contributed by atoms with Gasteiger partial charge in [0, 0.05) is 13.6 Å². The summed E-state index contributed by atoms with van der Waals surface area (Å²) in [5.41, 5.74) is 0. The molecule has 8 heteroatoms. The minimum Gasteiger partial charge on any atom is -0.490 e. The highest BCUT2D eigenvalue weighted by Gasteiger charge is 2.36. The van der Waals surface area contributed by atoms with E-state index in [2.05, 4.69) is 20.6 Å². The average Bonchev–Trinajstić information content (AvgIpc) is 2.72. The van der Waals surface area contributed by atoms with E-state index in [1.807, 2.05) is 6.92 Å². The zero-order chi connectivity index (χ0) is 15.4. The minimum atomic E-state index is -0.620. The molecule has 2 N–H and O–H groups in total. The van der Waals surface area contributed by atoms with Gasteiger partial charge in [-0.25, -0.2) is 9.97 Å². The number of anilines is 2. The van der Waals surface area contributed by atoms with Crippen LogP contribution in [0.3, 0.4) is 0 Å². The number of likely N-dealkylation sites (N-methyl/N-ethyl adjacent to an activating group) is 1. The SMILES string of the molecule is CCCNc1ncnc(NC2CC(=O)N(C)C2=O)c1OC. The van der Waals surface area contributed by atoms with E-state index in [4.69, 9.17) is 4.74 Å². The second-order valence-electron chi connectivity index (χ2n) is 4.72. The van der Waals surface area contributed by atoms with Crippen LogP contribution in [0.2, 0.25) is 0 Å². The van der Waals surface area contributed by atoms with Gasteiger partial charge in [-0.05, 0) is 6.42 Å². The molecule has 2 rings (SSSR count). The van der Waals surface area contributed by atoms with Gasteiger partial charge < -0.3 is 15.4 Å². The van der Waals surface area contributed by atoms with Gasteiger partial charge in [0.1, 0.15) is 12.4 Å². The van der Waals surface area contributed by atoms with Crippen molar-refractivity contribution in [3.05, 3.63) is 6.33 Å². The van der Waals surface area contributed by atoms with Gasteiger partial charge in [-0.2, -0.15) is 0 Å². The van der Waals surface area contributed by atoms with Crippen LogP contribution in [-0.4, -0.2) is 53.4 Å². The highest BCUT2D eigenvalue weighted by Crippen LogP contribution is 2.30. The number of nitrogens with zero attached hydrogens (tertiary/aromatic N) is 3. The van der Waals surface area contributed by atoms with Crippen LogP contribution in [0.5, 0.6) is 5.75 Å². The molecule has 0 saturated carbocycles. The maximum atomic E-state index is 11.9. The number of rotatable bonds is 6. The average molecular weight is 293 g/mol. The van der Waals surface area contributed by atoms with Gasteiger partial charge in [0.15, 0.2) is 11.6 Å². The Morgan fingerprint density at radius 1 is 1.38 bits per heavy atom. The van der Waals surface area contributed by atoms with Crippen LogP contribution in [0.1, 0.15) is 19.8 Å². The minimum absolute atomic E-state index is 0.111. The van der Waals surface area contributed by atoms with Crippen molar-refractivity contribution in [3.8, 4) is 5.75 Å². The van der Waals surface area contributed by atoms with Crippen molar-refractivity contribution in [1.29, 1.82) is 0 Å². The van der Waals surface area contributed by atoms with Crippen LogP contribution in [-0.2, 0) is 9.59 Å². The first-order valence-electron chi connectivity index (χ1n) is 6.78. The van der Waals surface area contributed by atoms with Crippen molar-refractivity contribution < 1.29 is 14.3 Å². The Morgan fingerprint density at radius 2 is 2.10 bits per heavy atom. The van der Waals surface area contributed by atoms with Gasteiger partial charge in [-0.15, -0.1) is 0 Å². The number of hydrogen-bond donors (Lipinski definition) is 2. The summed E-state index contributed by atoms with van der Waals surface area (Å²) in [5.74, 6) is 0.897. The van der Waals surface area contributed by atoms with Gasteiger partial charge in [0.25, 0.3) is 5.91 Å². The summed E-state index contributed by atoms with van der Waals surface area (Å²) in [7, 11) is 2.98. The summed E-state index contributed by atoms with van der Waals surface area (Å²) in [6, 6.07) is -0.620. The van der Waals surface area contributed by atoms with Gasteiger partial charge >= 0.3 is 0 Å². The molecule has 1 atom stereocenters. The third-order valence-electron chi connectivity index (χ3n) is 3.24. The molecule has 2 heterocycles. The summed E-state index contributed by atoms with van der Waals surface area (Å²) in [5, 5.41) is 6.09. The molecule has 1 aliphatic heterocycles. The fourth-order valence-corrected chi connectivity index (χ4v) is 2.07. The Labute approximate surface area is 122 Å². The number of hydrogen-bond acceptors (Lipinski definition) is 7. The number of aromatic nitrogens is 2. The molecule has 1 aromatic rings. The Balaban J connectivity index is 2.20. The number of carbonyl (C=O) groups is 2. The molecular formula is C13H19N5O3. The van der Waals surface area contributed by atoms with E-state index >= 15 is 0 Å². The monoisotopic (exact) mass is 293 g/mol. The van der Waals surface area contributed by atoms with Crippen molar-refractivity contribution in [3.63, 3.8) is 0 Å². The molecule has 1 saturated heterocycles. The van der Waals surface area contributed by atoms with E-state index in [0.717, 1.165) is 17.9 Å². The number of amides is 2. The van der Waals surface area contributed by atoms with Gasteiger partial charge in [-0.3, -0.25) is 14.5 Å². The first-order chi connectivity index (χ1) is 10.1. The lowest BCUT2D eigenvalue weighted by molar-refractivity contribution is -0.136. The predicted molar refractivity (Wildman–Crippen MR) is 77.2 cm³/mol. The van der Waals surface area contributed by atoms with Crippen molar-refractivity contribution in [1.82, 2.24) is 14.9 Å². The van der Waals surface area contributed by atoms with E-state index in [1.165, 1.54) is 20.5 Å². The van der Waals surface area contributed by atoms with Crippen molar-refractivity contribution in [2.45, 2.75) is 25.8 Å².